The normalized spacial score (nSPS) is 11.7. The lowest BCUT2D eigenvalue weighted by Crippen LogP contribution is -2.27. The number of nitrogens with zero attached hydrogens (tertiary/aromatic N) is 4. The predicted molar refractivity (Wildman–Crippen MR) is 68.1 cm³/mol. The fraction of sp³-hybridized carbons (Fsp3) is 0.200. The molecule has 1 aromatic carbocycles. The van der Waals surface area contributed by atoms with Crippen molar-refractivity contribution in [2.24, 2.45) is 0 Å². The summed E-state index contributed by atoms with van der Waals surface area (Å²) < 4.78 is 25.7. The first-order valence-electron chi connectivity index (χ1n) is 5.47. The van der Waals surface area contributed by atoms with Crippen LogP contribution in [0.15, 0.2) is 35.5 Å². The third-order valence-electron chi connectivity index (χ3n) is 2.59. The molecule has 0 atom stereocenters. The monoisotopic (exact) mass is 297 g/mol. The van der Waals surface area contributed by atoms with Gasteiger partial charge in [0.15, 0.2) is 4.90 Å². The molecule has 9 nitrogen and oxygen atoms in total. The van der Waals surface area contributed by atoms with Crippen LogP contribution >= 0.6 is 0 Å². The fourth-order valence-electron chi connectivity index (χ4n) is 1.60. The molecule has 106 valence electrons. The molecule has 0 aliphatic heterocycles. The minimum Gasteiger partial charge on any atom is -0.262 e. The van der Waals surface area contributed by atoms with E-state index in [1.54, 1.807) is 0 Å². The van der Waals surface area contributed by atoms with Crippen molar-refractivity contribution in [3.8, 4) is 0 Å². The van der Waals surface area contributed by atoms with E-state index < -0.39 is 20.6 Å². The number of nitro groups is 1. The molecule has 1 heterocycles. The average molecular weight is 297 g/mol. The number of hydrogen-bond acceptors (Lipinski definition) is 6. The van der Waals surface area contributed by atoms with Crippen molar-refractivity contribution < 1.29 is 13.3 Å². The minimum absolute atomic E-state index is 0.0611. The zero-order chi connectivity index (χ0) is 14.8. The minimum atomic E-state index is -3.99. The maximum absolute atomic E-state index is 12.3. The van der Waals surface area contributed by atoms with Gasteiger partial charge in [0.1, 0.15) is 12.2 Å². The van der Waals surface area contributed by atoms with E-state index in [1.165, 1.54) is 31.6 Å². The first kappa shape index (κ1) is 14.1. The van der Waals surface area contributed by atoms with Crippen LogP contribution in [0.2, 0.25) is 0 Å². The summed E-state index contributed by atoms with van der Waals surface area (Å²) in [6.45, 7) is -0.0611. The highest BCUT2D eigenvalue weighted by Crippen LogP contribution is 2.25. The third-order valence-corrected chi connectivity index (χ3v) is 4.44. The molecule has 0 unspecified atom stereocenters. The maximum atomic E-state index is 12.3. The van der Waals surface area contributed by atoms with Crippen LogP contribution in [0.3, 0.4) is 0 Å². The van der Waals surface area contributed by atoms with E-state index in [0.717, 1.165) is 10.4 Å². The van der Waals surface area contributed by atoms with Crippen molar-refractivity contribution in [2.45, 2.75) is 11.4 Å². The molecule has 0 fully saturated rings. The maximum Gasteiger partial charge on any atom is 0.289 e. The Hall–Kier alpha value is -2.33. The summed E-state index contributed by atoms with van der Waals surface area (Å²) >= 11 is 0. The van der Waals surface area contributed by atoms with Crippen LogP contribution in [-0.2, 0) is 16.6 Å². The molecule has 1 N–H and O–H groups in total. The quantitative estimate of drug-likeness (QED) is 0.634. The number of H-pyrrole nitrogens is 1. The molecule has 0 aliphatic rings. The number of hydrogen-bond donors (Lipinski definition) is 1. The van der Waals surface area contributed by atoms with Crippen LogP contribution < -0.4 is 0 Å². The van der Waals surface area contributed by atoms with Crippen molar-refractivity contribution in [3.63, 3.8) is 0 Å². The fourth-order valence-corrected chi connectivity index (χ4v) is 2.88. The highest BCUT2D eigenvalue weighted by molar-refractivity contribution is 7.89. The van der Waals surface area contributed by atoms with E-state index in [9.17, 15) is 18.5 Å². The number of rotatable bonds is 5. The van der Waals surface area contributed by atoms with Crippen LogP contribution in [0.1, 0.15) is 5.82 Å². The van der Waals surface area contributed by atoms with E-state index in [2.05, 4.69) is 15.2 Å². The Morgan fingerprint density at radius 3 is 2.70 bits per heavy atom. The number of para-hydroxylation sites is 1. The Labute approximate surface area is 114 Å². The van der Waals surface area contributed by atoms with Gasteiger partial charge < -0.3 is 0 Å². The summed E-state index contributed by atoms with van der Waals surface area (Å²) in [4.78, 5) is 13.6. The standard InChI is InChI=1S/C10H11N5O4S/c1-14(6-10-11-7-12-13-10)20(18,19)9-5-3-2-4-8(9)15(16)17/h2-5,7H,6H2,1H3,(H,11,12,13). The SMILES string of the molecule is CN(Cc1ncn[nH]1)S(=O)(=O)c1ccccc1[N+](=O)[O-]. The van der Waals surface area contributed by atoms with Crippen molar-refractivity contribution in [2.75, 3.05) is 7.05 Å². The molecule has 2 aromatic rings. The Bertz CT molecular complexity index is 713. The second kappa shape index (κ2) is 5.35. The Balaban J connectivity index is 2.37. The highest BCUT2D eigenvalue weighted by Gasteiger charge is 2.29. The van der Waals surface area contributed by atoms with Gasteiger partial charge in [0.25, 0.3) is 5.69 Å². The largest absolute Gasteiger partial charge is 0.289 e. The van der Waals surface area contributed by atoms with Crippen molar-refractivity contribution in [3.05, 3.63) is 46.5 Å². The van der Waals surface area contributed by atoms with E-state index >= 15 is 0 Å². The molecule has 1 aromatic heterocycles. The molecule has 2 rings (SSSR count). The highest BCUT2D eigenvalue weighted by atomic mass is 32.2. The van der Waals surface area contributed by atoms with Crippen molar-refractivity contribution in [1.29, 1.82) is 0 Å². The number of aromatic amines is 1. The van der Waals surface area contributed by atoms with Crippen LogP contribution in [0.25, 0.3) is 0 Å². The number of aromatic nitrogens is 3. The van der Waals surface area contributed by atoms with Gasteiger partial charge in [-0.1, -0.05) is 12.1 Å². The summed E-state index contributed by atoms with van der Waals surface area (Å²) in [5.74, 6) is 0.342. The summed E-state index contributed by atoms with van der Waals surface area (Å²) in [6, 6.07) is 5.19. The Kier molecular flexibility index (Phi) is 3.77. The van der Waals surface area contributed by atoms with E-state index in [1.807, 2.05) is 0 Å². The molecule has 10 heteroatoms. The molecule has 0 saturated carbocycles. The van der Waals surface area contributed by atoms with Gasteiger partial charge in [-0.3, -0.25) is 15.2 Å². The van der Waals surface area contributed by atoms with Gasteiger partial charge >= 0.3 is 0 Å². The van der Waals surface area contributed by atoms with Gasteiger partial charge in [0, 0.05) is 13.1 Å². The molecule has 0 saturated heterocycles. The summed E-state index contributed by atoms with van der Waals surface area (Å²) in [6.07, 6.45) is 1.25. The second-order valence-corrected chi connectivity index (χ2v) is 5.93. The lowest BCUT2D eigenvalue weighted by atomic mass is 10.3. The van der Waals surface area contributed by atoms with Crippen molar-refractivity contribution >= 4 is 15.7 Å². The van der Waals surface area contributed by atoms with Crippen LogP contribution in [0.5, 0.6) is 0 Å². The molecule has 0 radical (unpaired) electrons. The number of nitrogens with one attached hydrogen (secondary N) is 1. The zero-order valence-corrected chi connectivity index (χ0v) is 11.2. The van der Waals surface area contributed by atoms with Crippen molar-refractivity contribution in [1.82, 2.24) is 19.5 Å². The summed E-state index contributed by atoms with van der Waals surface area (Å²) in [5, 5.41) is 17.0. The van der Waals surface area contributed by atoms with E-state index in [-0.39, 0.29) is 11.4 Å². The smallest absolute Gasteiger partial charge is 0.262 e. The Morgan fingerprint density at radius 2 is 2.10 bits per heavy atom. The van der Waals surface area contributed by atoms with Gasteiger partial charge in [-0.2, -0.15) is 9.40 Å². The molecular weight excluding hydrogens is 286 g/mol. The third kappa shape index (κ3) is 2.65. The van der Waals surface area contributed by atoms with Crippen LogP contribution in [0.4, 0.5) is 5.69 Å². The predicted octanol–water partition coefficient (Wildman–Crippen LogP) is 0.534. The second-order valence-electron chi connectivity index (χ2n) is 3.92. The zero-order valence-electron chi connectivity index (χ0n) is 10.4. The van der Waals surface area contributed by atoms with E-state index in [0.29, 0.717) is 5.82 Å². The van der Waals surface area contributed by atoms with Gasteiger partial charge in [-0.25, -0.2) is 13.4 Å². The van der Waals surface area contributed by atoms with Crippen LogP contribution in [0, 0.1) is 10.1 Å². The molecule has 20 heavy (non-hydrogen) atoms. The molecular formula is C10H11N5O4S. The average Bonchev–Trinajstić information content (AvgIpc) is 2.91. The first-order valence-corrected chi connectivity index (χ1v) is 6.91. The van der Waals surface area contributed by atoms with Crippen LogP contribution in [-0.4, -0.2) is 39.9 Å². The van der Waals surface area contributed by atoms with E-state index in [4.69, 9.17) is 0 Å². The molecule has 0 amide bonds. The topological polar surface area (TPSA) is 122 Å². The van der Waals surface area contributed by atoms with Gasteiger partial charge in [0.05, 0.1) is 11.5 Å². The number of nitro benzene ring substituents is 1. The lowest BCUT2D eigenvalue weighted by Gasteiger charge is -2.15. The molecule has 0 spiro atoms. The first-order chi connectivity index (χ1) is 9.43. The van der Waals surface area contributed by atoms with Gasteiger partial charge in [-0.15, -0.1) is 0 Å². The lowest BCUT2D eigenvalue weighted by molar-refractivity contribution is -0.387. The number of sulfonamides is 1. The van der Waals surface area contributed by atoms with Gasteiger partial charge in [-0.05, 0) is 6.07 Å². The number of benzene rings is 1. The molecule has 0 bridgehead atoms. The summed E-state index contributed by atoms with van der Waals surface area (Å²) in [5.41, 5.74) is -0.461. The molecule has 0 aliphatic carbocycles. The Morgan fingerprint density at radius 1 is 1.40 bits per heavy atom. The summed E-state index contributed by atoms with van der Waals surface area (Å²) in [7, 11) is -2.67. The van der Waals surface area contributed by atoms with Gasteiger partial charge in [0.2, 0.25) is 10.0 Å².